The van der Waals surface area contributed by atoms with E-state index in [1.165, 1.54) is 19.2 Å². The van der Waals surface area contributed by atoms with E-state index in [2.05, 4.69) is 5.32 Å². The molecule has 0 saturated heterocycles. The lowest BCUT2D eigenvalue weighted by Crippen LogP contribution is -2.06. The summed E-state index contributed by atoms with van der Waals surface area (Å²) < 4.78 is 22.9. The Bertz CT molecular complexity index is 291. The highest BCUT2D eigenvalue weighted by Gasteiger charge is 2.00. The van der Waals surface area contributed by atoms with E-state index < -0.39 is 0 Å². The van der Waals surface area contributed by atoms with Crippen LogP contribution in [-0.4, -0.2) is 21.0 Å². The Morgan fingerprint density at radius 2 is 2.14 bits per heavy atom. The van der Waals surface area contributed by atoms with E-state index >= 15 is 0 Å². The monoisotopic (exact) mass is 199 g/mol. The lowest BCUT2D eigenvalue weighted by atomic mass is 10.2. The van der Waals surface area contributed by atoms with E-state index in [9.17, 15) is 4.39 Å². The Balaban J connectivity index is 2.73. The van der Waals surface area contributed by atoms with Crippen molar-refractivity contribution in [2.45, 2.75) is 6.54 Å². The largest absolute Gasteiger partial charge is 0.467 e. The summed E-state index contributed by atoms with van der Waals surface area (Å²) in [6, 6.07) is 4.58. The maximum atomic E-state index is 13.0. The van der Waals surface area contributed by atoms with Crippen LogP contribution in [0.15, 0.2) is 18.2 Å². The van der Waals surface area contributed by atoms with Crippen molar-refractivity contribution in [3.63, 3.8) is 0 Å². The van der Waals surface area contributed by atoms with Gasteiger partial charge in [-0.25, -0.2) is 4.39 Å². The maximum absolute atomic E-state index is 13.0. The average molecular weight is 199 g/mol. The van der Waals surface area contributed by atoms with E-state index in [1.807, 2.05) is 0 Å². The zero-order chi connectivity index (χ0) is 10.4. The molecular formula is C10H14FNO2. The molecule has 1 rings (SSSR count). The number of benzene rings is 1. The minimum absolute atomic E-state index is 0.127. The molecule has 78 valence electrons. The third kappa shape index (κ3) is 3.32. The fraction of sp³-hybridized carbons (Fsp3) is 0.400. The minimum Gasteiger partial charge on any atom is -0.467 e. The van der Waals surface area contributed by atoms with E-state index in [4.69, 9.17) is 9.47 Å². The van der Waals surface area contributed by atoms with Gasteiger partial charge in [0.15, 0.2) is 6.79 Å². The lowest BCUT2D eigenvalue weighted by Gasteiger charge is -2.07. The molecule has 4 heteroatoms. The van der Waals surface area contributed by atoms with Crippen molar-refractivity contribution in [1.29, 1.82) is 0 Å². The van der Waals surface area contributed by atoms with Crippen molar-refractivity contribution in [1.82, 2.24) is 5.32 Å². The predicted octanol–water partition coefficient (Wildman–Crippen LogP) is 1.53. The maximum Gasteiger partial charge on any atom is 0.188 e. The summed E-state index contributed by atoms with van der Waals surface area (Å²) in [5.41, 5.74) is 0.846. The summed E-state index contributed by atoms with van der Waals surface area (Å²) in [5, 5.41) is 2.94. The Labute approximate surface area is 82.8 Å². The molecule has 1 N–H and O–H groups in total. The van der Waals surface area contributed by atoms with Gasteiger partial charge in [0.05, 0.1) is 0 Å². The van der Waals surface area contributed by atoms with Crippen LogP contribution >= 0.6 is 0 Å². The van der Waals surface area contributed by atoms with Gasteiger partial charge in [-0.3, -0.25) is 0 Å². The van der Waals surface area contributed by atoms with E-state index in [0.29, 0.717) is 12.3 Å². The highest BCUT2D eigenvalue weighted by molar-refractivity contribution is 5.29. The molecule has 0 radical (unpaired) electrons. The first kappa shape index (κ1) is 10.9. The van der Waals surface area contributed by atoms with Gasteiger partial charge >= 0.3 is 0 Å². The van der Waals surface area contributed by atoms with Gasteiger partial charge in [-0.2, -0.15) is 0 Å². The standard InChI is InChI=1S/C10H14FNO2/c1-12-6-8-3-9(11)5-10(4-8)14-7-13-2/h3-5,12H,6-7H2,1-2H3. The first-order chi connectivity index (χ1) is 6.76. The quantitative estimate of drug-likeness (QED) is 0.729. The predicted molar refractivity (Wildman–Crippen MR) is 51.7 cm³/mol. The molecule has 0 aliphatic rings. The molecule has 0 heterocycles. The van der Waals surface area contributed by atoms with Gasteiger partial charge < -0.3 is 14.8 Å². The molecule has 0 unspecified atom stereocenters. The molecule has 1 aromatic carbocycles. The van der Waals surface area contributed by atoms with E-state index in [0.717, 1.165) is 5.56 Å². The first-order valence-corrected chi connectivity index (χ1v) is 4.32. The van der Waals surface area contributed by atoms with Crippen molar-refractivity contribution >= 4 is 0 Å². The zero-order valence-electron chi connectivity index (χ0n) is 8.34. The SMILES string of the molecule is CNCc1cc(F)cc(OCOC)c1. The number of halogens is 1. The Morgan fingerprint density at radius 3 is 2.79 bits per heavy atom. The third-order valence-electron chi connectivity index (χ3n) is 1.66. The number of hydrogen-bond acceptors (Lipinski definition) is 3. The van der Waals surface area contributed by atoms with Gasteiger partial charge in [-0.1, -0.05) is 0 Å². The second kappa shape index (κ2) is 5.57. The number of methoxy groups -OCH3 is 1. The summed E-state index contributed by atoms with van der Waals surface area (Å²) in [6.07, 6.45) is 0. The second-order valence-electron chi connectivity index (χ2n) is 2.88. The summed E-state index contributed by atoms with van der Waals surface area (Å²) in [5.74, 6) is 0.181. The van der Waals surface area contributed by atoms with Crippen LogP contribution in [0.2, 0.25) is 0 Å². The molecule has 0 aliphatic heterocycles. The highest BCUT2D eigenvalue weighted by atomic mass is 19.1. The van der Waals surface area contributed by atoms with Crippen LogP contribution < -0.4 is 10.1 Å². The fourth-order valence-corrected chi connectivity index (χ4v) is 1.14. The third-order valence-corrected chi connectivity index (χ3v) is 1.66. The van der Waals surface area contributed by atoms with Gasteiger partial charge in [-0.05, 0) is 24.7 Å². The molecule has 0 spiro atoms. The molecule has 14 heavy (non-hydrogen) atoms. The lowest BCUT2D eigenvalue weighted by molar-refractivity contribution is 0.0508. The second-order valence-corrected chi connectivity index (χ2v) is 2.88. The molecule has 3 nitrogen and oxygen atoms in total. The van der Waals surface area contributed by atoms with Crippen LogP contribution in [0.25, 0.3) is 0 Å². The van der Waals surface area contributed by atoms with Crippen molar-refractivity contribution in [3.05, 3.63) is 29.6 Å². The van der Waals surface area contributed by atoms with Crippen LogP contribution in [-0.2, 0) is 11.3 Å². The average Bonchev–Trinajstić information content (AvgIpc) is 2.14. The van der Waals surface area contributed by atoms with E-state index in [-0.39, 0.29) is 12.6 Å². The molecular weight excluding hydrogens is 185 g/mol. The summed E-state index contributed by atoms with van der Waals surface area (Å²) in [7, 11) is 3.33. The minimum atomic E-state index is -0.302. The molecule has 0 aliphatic carbocycles. The Morgan fingerprint density at radius 1 is 1.36 bits per heavy atom. The van der Waals surface area contributed by atoms with Gasteiger partial charge in [0.1, 0.15) is 11.6 Å². The van der Waals surface area contributed by atoms with Crippen LogP contribution in [0.5, 0.6) is 5.75 Å². The van der Waals surface area contributed by atoms with Crippen molar-refractivity contribution in [3.8, 4) is 5.75 Å². The van der Waals surface area contributed by atoms with Gasteiger partial charge in [-0.15, -0.1) is 0 Å². The highest BCUT2D eigenvalue weighted by Crippen LogP contribution is 2.16. The summed E-state index contributed by atoms with van der Waals surface area (Å²) in [6.45, 7) is 0.740. The normalized spacial score (nSPS) is 10.2. The molecule has 0 fully saturated rings. The molecule has 0 bridgehead atoms. The van der Waals surface area contributed by atoms with Gasteiger partial charge in [0, 0.05) is 19.7 Å². The van der Waals surface area contributed by atoms with Crippen molar-refractivity contribution < 1.29 is 13.9 Å². The zero-order valence-corrected chi connectivity index (χ0v) is 8.34. The molecule has 0 aromatic heterocycles. The summed E-state index contributed by atoms with van der Waals surface area (Å²) >= 11 is 0. The first-order valence-electron chi connectivity index (χ1n) is 4.32. The topological polar surface area (TPSA) is 30.5 Å². The van der Waals surface area contributed by atoms with Crippen LogP contribution in [0, 0.1) is 5.82 Å². The van der Waals surface area contributed by atoms with Gasteiger partial charge in [0.25, 0.3) is 0 Å². The van der Waals surface area contributed by atoms with Crippen molar-refractivity contribution in [2.75, 3.05) is 21.0 Å². The molecule has 0 atom stereocenters. The number of hydrogen-bond donors (Lipinski definition) is 1. The van der Waals surface area contributed by atoms with Crippen LogP contribution in [0.1, 0.15) is 5.56 Å². The number of rotatable bonds is 5. The van der Waals surface area contributed by atoms with Crippen LogP contribution in [0.4, 0.5) is 4.39 Å². The van der Waals surface area contributed by atoms with Gasteiger partial charge in [0.2, 0.25) is 0 Å². The summed E-state index contributed by atoms with van der Waals surface area (Å²) in [4.78, 5) is 0. The molecule has 0 amide bonds. The Hall–Kier alpha value is -1.13. The van der Waals surface area contributed by atoms with E-state index in [1.54, 1.807) is 13.1 Å². The van der Waals surface area contributed by atoms with Crippen molar-refractivity contribution in [2.24, 2.45) is 0 Å². The number of nitrogens with one attached hydrogen (secondary N) is 1. The fourth-order valence-electron chi connectivity index (χ4n) is 1.14. The molecule has 1 aromatic rings. The smallest absolute Gasteiger partial charge is 0.188 e. The molecule has 0 saturated carbocycles. The Kier molecular flexibility index (Phi) is 4.35. The number of ether oxygens (including phenoxy) is 2. The van der Waals surface area contributed by atoms with Crippen LogP contribution in [0.3, 0.4) is 0 Å².